The van der Waals surface area contributed by atoms with Gasteiger partial charge < -0.3 is 14.9 Å². The van der Waals surface area contributed by atoms with E-state index in [4.69, 9.17) is 4.98 Å². The highest BCUT2D eigenvalue weighted by atomic mass is 16.4. The Morgan fingerprint density at radius 1 is 1.03 bits per heavy atom. The minimum absolute atomic E-state index is 0.0137. The van der Waals surface area contributed by atoms with Gasteiger partial charge in [0.1, 0.15) is 12.1 Å². The molecule has 188 valence electrons. The van der Waals surface area contributed by atoms with Crippen LogP contribution in [0.1, 0.15) is 54.8 Å². The van der Waals surface area contributed by atoms with E-state index >= 15 is 0 Å². The fourth-order valence-electron chi connectivity index (χ4n) is 5.64. The zero-order valence-electron chi connectivity index (χ0n) is 21.7. The summed E-state index contributed by atoms with van der Waals surface area (Å²) in [4.78, 5) is 29.9. The molecule has 0 bridgehead atoms. The molecular formula is C29H35N5O2. The van der Waals surface area contributed by atoms with Crippen LogP contribution in [0.25, 0.3) is 11.1 Å². The first kappa shape index (κ1) is 24.2. The Labute approximate surface area is 213 Å². The highest BCUT2D eigenvalue weighted by Gasteiger charge is 2.30. The molecule has 0 saturated carbocycles. The van der Waals surface area contributed by atoms with Crippen LogP contribution in [0.4, 0.5) is 11.5 Å². The molecule has 2 aliphatic heterocycles. The standard InChI is InChI=1S/C29H35N5O2/c1-19-24(16-26(35)36)28(33-13-9-29(3,4)10-14-33)27(20(2)32-19)22-5-6-23-17-34(12-8-21(23)15-22)25-7-11-30-18-31-25/h5-7,11,15,18H,8-10,12-14,16-17H2,1-4H3,(H,35,36). The normalized spacial score (nSPS) is 17.1. The number of benzene rings is 1. The Balaban J connectivity index is 1.56. The number of fused-ring (bicyclic) bond motifs is 1. The van der Waals surface area contributed by atoms with Gasteiger partial charge in [-0.1, -0.05) is 32.0 Å². The van der Waals surface area contributed by atoms with E-state index in [2.05, 4.69) is 58.7 Å². The molecule has 7 nitrogen and oxygen atoms in total. The summed E-state index contributed by atoms with van der Waals surface area (Å²) >= 11 is 0. The number of rotatable bonds is 5. The zero-order chi connectivity index (χ0) is 25.4. The lowest BCUT2D eigenvalue weighted by Gasteiger charge is -2.40. The number of piperidine rings is 1. The number of carboxylic acids is 1. The van der Waals surface area contributed by atoms with E-state index in [9.17, 15) is 9.90 Å². The number of carbonyl (C=O) groups is 1. The number of hydrogen-bond acceptors (Lipinski definition) is 6. The molecule has 2 aromatic heterocycles. The average molecular weight is 486 g/mol. The van der Waals surface area contributed by atoms with Crippen molar-refractivity contribution in [1.82, 2.24) is 15.0 Å². The molecule has 1 N–H and O–H groups in total. The molecule has 1 fully saturated rings. The van der Waals surface area contributed by atoms with Crippen LogP contribution in [0, 0.1) is 19.3 Å². The van der Waals surface area contributed by atoms with Gasteiger partial charge in [0.15, 0.2) is 0 Å². The van der Waals surface area contributed by atoms with Gasteiger partial charge in [0.2, 0.25) is 0 Å². The summed E-state index contributed by atoms with van der Waals surface area (Å²) in [5, 5.41) is 9.74. The molecule has 0 aliphatic carbocycles. The molecule has 0 unspecified atom stereocenters. The molecule has 0 amide bonds. The van der Waals surface area contributed by atoms with Gasteiger partial charge >= 0.3 is 5.97 Å². The highest BCUT2D eigenvalue weighted by molar-refractivity contribution is 5.86. The quantitative estimate of drug-likeness (QED) is 0.546. The molecule has 3 aromatic rings. The van der Waals surface area contributed by atoms with E-state index in [1.54, 1.807) is 12.5 Å². The largest absolute Gasteiger partial charge is 0.481 e. The van der Waals surface area contributed by atoms with Crippen LogP contribution < -0.4 is 9.80 Å². The lowest BCUT2D eigenvalue weighted by Crippen LogP contribution is -2.38. The summed E-state index contributed by atoms with van der Waals surface area (Å²) in [7, 11) is 0. The third kappa shape index (κ3) is 4.79. The summed E-state index contributed by atoms with van der Waals surface area (Å²) in [6.07, 6.45) is 6.47. The molecule has 0 spiro atoms. The number of nitrogens with zero attached hydrogens (tertiary/aromatic N) is 5. The summed E-state index contributed by atoms with van der Waals surface area (Å²) in [5.74, 6) is 0.135. The van der Waals surface area contributed by atoms with Crippen molar-refractivity contribution in [3.63, 3.8) is 0 Å². The fraction of sp³-hybridized carbons (Fsp3) is 0.448. The maximum Gasteiger partial charge on any atom is 0.307 e. The molecule has 0 atom stereocenters. The van der Waals surface area contributed by atoms with Crippen molar-refractivity contribution in [1.29, 1.82) is 0 Å². The number of aromatic nitrogens is 3. The van der Waals surface area contributed by atoms with E-state index < -0.39 is 5.97 Å². The predicted octanol–water partition coefficient (Wildman–Crippen LogP) is 4.97. The third-order valence-electron chi connectivity index (χ3n) is 7.82. The minimum atomic E-state index is -0.816. The monoisotopic (exact) mass is 485 g/mol. The average Bonchev–Trinajstić information content (AvgIpc) is 2.85. The van der Waals surface area contributed by atoms with Gasteiger partial charge in [0.25, 0.3) is 0 Å². The van der Waals surface area contributed by atoms with Gasteiger partial charge in [0.05, 0.1) is 12.1 Å². The molecule has 0 radical (unpaired) electrons. The number of pyridine rings is 1. The smallest absolute Gasteiger partial charge is 0.307 e. The van der Waals surface area contributed by atoms with Gasteiger partial charge in [-0.15, -0.1) is 0 Å². The van der Waals surface area contributed by atoms with Crippen molar-refractivity contribution in [3.05, 3.63) is 64.9 Å². The van der Waals surface area contributed by atoms with Crippen molar-refractivity contribution < 1.29 is 9.90 Å². The molecule has 1 saturated heterocycles. The topological polar surface area (TPSA) is 82.5 Å². The molecule has 36 heavy (non-hydrogen) atoms. The Hall–Kier alpha value is -3.48. The molecule has 5 rings (SSSR count). The predicted molar refractivity (Wildman–Crippen MR) is 143 cm³/mol. The maximum atomic E-state index is 11.9. The second-order valence-electron chi connectivity index (χ2n) is 10.9. The first-order valence-electron chi connectivity index (χ1n) is 12.8. The van der Waals surface area contributed by atoms with Gasteiger partial charge in [-0.05, 0) is 61.3 Å². The Kier molecular flexibility index (Phi) is 6.41. The molecule has 2 aliphatic rings. The minimum Gasteiger partial charge on any atom is -0.481 e. The van der Waals surface area contributed by atoms with Gasteiger partial charge in [0, 0.05) is 54.9 Å². The third-order valence-corrected chi connectivity index (χ3v) is 7.82. The Morgan fingerprint density at radius 3 is 2.50 bits per heavy atom. The van der Waals surface area contributed by atoms with Crippen molar-refractivity contribution in [2.24, 2.45) is 5.41 Å². The fourth-order valence-corrected chi connectivity index (χ4v) is 5.64. The second-order valence-corrected chi connectivity index (χ2v) is 10.9. The number of aryl methyl sites for hydroxylation is 2. The Morgan fingerprint density at radius 2 is 1.81 bits per heavy atom. The molecule has 4 heterocycles. The number of hydrogen-bond donors (Lipinski definition) is 1. The first-order chi connectivity index (χ1) is 17.2. The van der Waals surface area contributed by atoms with Crippen LogP contribution in [0.5, 0.6) is 0 Å². The zero-order valence-corrected chi connectivity index (χ0v) is 21.7. The van der Waals surface area contributed by atoms with Crippen LogP contribution in [-0.4, -0.2) is 45.7 Å². The lowest BCUT2D eigenvalue weighted by molar-refractivity contribution is -0.136. The maximum absolute atomic E-state index is 11.9. The van der Waals surface area contributed by atoms with E-state index in [1.165, 1.54) is 11.1 Å². The first-order valence-corrected chi connectivity index (χ1v) is 12.8. The highest BCUT2D eigenvalue weighted by Crippen LogP contribution is 2.42. The molecular weight excluding hydrogens is 450 g/mol. The van der Waals surface area contributed by atoms with Crippen LogP contribution in [-0.2, 0) is 24.2 Å². The molecule has 1 aromatic carbocycles. The number of aliphatic carboxylic acids is 1. The summed E-state index contributed by atoms with van der Waals surface area (Å²) in [6, 6.07) is 8.66. The van der Waals surface area contributed by atoms with Crippen LogP contribution in [0.3, 0.4) is 0 Å². The Bertz CT molecular complexity index is 1280. The van der Waals surface area contributed by atoms with E-state index in [1.807, 2.05) is 13.0 Å². The van der Waals surface area contributed by atoms with Crippen molar-refractivity contribution in [2.45, 2.75) is 59.9 Å². The molecule has 7 heteroatoms. The number of anilines is 2. The van der Waals surface area contributed by atoms with Crippen LogP contribution in [0.15, 0.2) is 36.8 Å². The SMILES string of the molecule is Cc1nc(C)c(-c2ccc3c(c2)CCN(c2ccncn2)C3)c(N2CCC(C)(C)CC2)c1CC(=O)O. The summed E-state index contributed by atoms with van der Waals surface area (Å²) in [6.45, 7) is 12.2. The van der Waals surface area contributed by atoms with E-state index in [0.717, 1.165) is 85.0 Å². The van der Waals surface area contributed by atoms with Crippen LogP contribution >= 0.6 is 0 Å². The van der Waals surface area contributed by atoms with E-state index in [-0.39, 0.29) is 6.42 Å². The lowest BCUT2D eigenvalue weighted by atomic mass is 9.82. The van der Waals surface area contributed by atoms with Gasteiger partial charge in [-0.25, -0.2) is 9.97 Å². The van der Waals surface area contributed by atoms with Gasteiger partial charge in [-0.2, -0.15) is 0 Å². The van der Waals surface area contributed by atoms with Crippen molar-refractivity contribution in [3.8, 4) is 11.1 Å². The number of carboxylic acid groups (broad SMARTS) is 1. The van der Waals surface area contributed by atoms with Crippen LogP contribution in [0.2, 0.25) is 0 Å². The second kappa shape index (κ2) is 9.52. The van der Waals surface area contributed by atoms with E-state index in [0.29, 0.717) is 5.41 Å². The summed E-state index contributed by atoms with van der Waals surface area (Å²) in [5.41, 5.74) is 8.83. The van der Waals surface area contributed by atoms with Crippen molar-refractivity contribution in [2.75, 3.05) is 29.4 Å². The van der Waals surface area contributed by atoms with Gasteiger partial charge in [-0.3, -0.25) is 9.78 Å². The summed E-state index contributed by atoms with van der Waals surface area (Å²) < 4.78 is 0. The van der Waals surface area contributed by atoms with Crippen molar-refractivity contribution >= 4 is 17.5 Å².